The zero-order valence-electron chi connectivity index (χ0n) is 11.6. The molecule has 0 aliphatic rings. The molecule has 0 bridgehead atoms. The fourth-order valence-corrected chi connectivity index (χ4v) is 1.89. The van der Waals surface area contributed by atoms with Crippen LogP contribution in [0.25, 0.3) is 0 Å². The lowest BCUT2D eigenvalue weighted by Gasteiger charge is -2.13. The van der Waals surface area contributed by atoms with Crippen LogP contribution < -0.4 is 9.47 Å². The Labute approximate surface area is 132 Å². The van der Waals surface area contributed by atoms with Gasteiger partial charge in [0.05, 0.1) is 4.47 Å². The first-order chi connectivity index (χ1) is 10.1. The first kappa shape index (κ1) is 17.0. The van der Waals surface area contributed by atoms with Crippen LogP contribution in [-0.4, -0.2) is 25.8 Å². The van der Waals surface area contributed by atoms with Gasteiger partial charge in [0.15, 0.2) is 0 Å². The van der Waals surface area contributed by atoms with E-state index in [1.807, 2.05) is 0 Å². The summed E-state index contributed by atoms with van der Waals surface area (Å²) in [5.74, 6) is 0.422. The van der Waals surface area contributed by atoms with Crippen molar-refractivity contribution in [1.82, 2.24) is 0 Å². The zero-order valence-corrected chi connectivity index (χ0v) is 13.2. The van der Waals surface area contributed by atoms with E-state index in [9.17, 15) is 4.79 Å². The maximum Gasteiger partial charge on any atom is 0.342 e. The first-order valence-corrected chi connectivity index (χ1v) is 7.02. The molecule has 0 aromatic heterocycles. The molecule has 0 unspecified atom stereocenters. The van der Waals surface area contributed by atoms with Crippen LogP contribution in [0.15, 0.2) is 54.6 Å². The Balaban J connectivity index is 3.10. The fourth-order valence-electron chi connectivity index (χ4n) is 1.43. The van der Waals surface area contributed by atoms with Crippen LogP contribution >= 0.6 is 15.9 Å². The Kier molecular flexibility index (Phi) is 7.32. The topological polar surface area (TPSA) is 44.8 Å². The number of benzene rings is 1. The minimum atomic E-state index is -0.495. The summed E-state index contributed by atoms with van der Waals surface area (Å²) in [6, 6.07) is 3.23. The average molecular weight is 353 g/mol. The molecule has 0 heterocycles. The molecule has 112 valence electrons. The maximum atomic E-state index is 12.0. The van der Waals surface area contributed by atoms with Crippen molar-refractivity contribution in [3.63, 3.8) is 0 Å². The summed E-state index contributed by atoms with van der Waals surface area (Å²) in [4.78, 5) is 12.0. The molecule has 5 heteroatoms. The van der Waals surface area contributed by atoms with E-state index in [0.29, 0.717) is 28.1 Å². The van der Waals surface area contributed by atoms with Gasteiger partial charge in [0, 0.05) is 6.07 Å². The average Bonchev–Trinajstić information content (AvgIpc) is 2.49. The third-order valence-corrected chi connectivity index (χ3v) is 2.92. The summed E-state index contributed by atoms with van der Waals surface area (Å²) < 4.78 is 16.6. The Morgan fingerprint density at radius 3 is 2.14 bits per heavy atom. The quantitative estimate of drug-likeness (QED) is 0.499. The smallest absolute Gasteiger partial charge is 0.342 e. The van der Waals surface area contributed by atoms with Crippen molar-refractivity contribution in [1.29, 1.82) is 0 Å². The van der Waals surface area contributed by atoms with Crippen LogP contribution in [0.2, 0.25) is 0 Å². The summed E-state index contributed by atoms with van der Waals surface area (Å²) in [6.07, 6.45) is 4.72. The van der Waals surface area contributed by atoms with E-state index in [0.717, 1.165) is 0 Å². The summed E-state index contributed by atoms with van der Waals surface area (Å²) in [6.45, 7) is 11.4. The molecular weight excluding hydrogens is 336 g/mol. The molecule has 1 aromatic carbocycles. The van der Waals surface area contributed by atoms with E-state index in [1.165, 1.54) is 6.08 Å². The fraction of sp³-hybridized carbons (Fsp3) is 0.188. The van der Waals surface area contributed by atoms with Crippen LogP contribution in [0, 0.1) is 0 Å². The molecule has 0 atom stereocenters. The van der Waals surface area contributed by atoms with Gasteiger partial charge in [-0.15, -0.1) is 0 Å². The second-order valence-corrected chi connectivity index (χ2v) is 4.72. The highest BCUT2D eigenvalue weighted by atomic mass is 79.9. The highest BCUT2D eigenvalue weighted by Crippen LogP contribution is 2.33. The molecule has 1 rings (SSSR count). The molecule has 0 radical (unpaired) electrons. The highest BCUT2D eigenvalue weighted by Gasteiger charge is 2.17. The summed E-state index contributed by atoms with van der Waals surface area (Å²) in [5.41, 5.74) is 0.302. The Morgan fingerprint density at radius 1 is 1.00 bits per heavy atom. The summed E-state index contributed by atoms with van der Waals surface area (Å²) in [7, 11) is 0. The Hall–Kier alpha value is -2.01. The second kappa shape index (κ2) is 9.02. The molecule has 0 amide bonds. The van der Waals surface area contributed by atoms with Gasteiger partial charge >= 0.3 is 5.97 Å². The van der Waals surface area contributed by atoms with Crippen LogP contribution in [-0.2, 0) is 4.74 Å². The SMILES string of the molecule is C=CCOC(=O)c1cc(Br)c(OCC=C)cc1OCC=C. The largest absolute Gasteiger partial charge is 0.488 e. The minimum absolute atomic E-state index is 0.131. The van der Waals surface area contributed by atoms with E-state index in [-0.39, 0.29) is 13.2 Å². The first-order valence-electron chi connectivity index (χ1n) is 6.23. The summed E-state index contributed by atoms with van der Waals surface area (Å²) >= 11 is 3.35. The number of carbonyl (C=O) groups excluding carboxylic acids is 1. The lowest BCUT2D eigenvalue weighted by atomic mass is 10.2. The maximum absolute atomic E-state index is 12.0. The van der Waals surface area contributed by atoms with E-state index in [1.54, 1.807) is 24.3 Å². The predicted molar refractivity (Wildman–Crippen MR) is 86.0 cm³/mol. The molecule has 0 N–H and O–H groups in total. The Bertz CT molecular complexity index is 537. The van der Waals surface area contributed by atoms with Crippen LogP contribution in [0.1, 0.15) is 10.4 Å². The van der Waals surface area contributed by atoms with Crippen molar-refractivity contribution in [3.8, 4) is 11.5 Å². The van der Waals surface area contributed by atoms with Crippen molar-refractivity contribution < 1.29 is 19.0 Å². The molecule has 21 heavy (non-hydrogen) atoms. The van der Waals surface area contributed by atoms with Crippen molar-refractivity contribution in [2.45, 2.75) is 0 Å². The number of esters is 1. The molecule has 0 spiro atoms. The van der Waals surface area contributed by atoms with Crippen LogP contribution in [0.4, 0.5) is 0 Å². The third kappa shape index (κ3) is 5.11. The molecule has 4 nitrogen and oxygen atoms in total. The number of rotatable bonds is 9. The molecule has 1 aromatic rings. The van der Waals surface area contributed by atoms with Gasteiger partial charge in [-0.25, -0.2) is 4.79 Å². The van der Waals surface area contributed by atoms with Crippen LogP contribution in [0.3, 0.4) is 0 Å². The summed E-state index contributed by atoms with van der Waals surface area (Å²) in [5, 5.41) is 0. The lowest BCUT2D eigenvalue weighted by Crippen LogP contribution is -2.09. The zero-order chi connectivity index (χ0) is 15.7. The van der Waals surface area contributed by atoms with Crippen molar-refractivity contribution in [2.24, 2.45) is 0 Å². The van der Waals surface area contributed by atoms with Crippen LogP contribution in [0.5, 0.6) is 11.5 Å². The molecular formula is C16H17BrO4. The van der Waals surface area contributed by atoms with Gasteiger partial charge in [-0.2, -0.15) is 0 Å². The number of halogens is 1. The normalized spacial score (nSPS) is 9.57. The van der Waals surface area contributed by atoms with Gasteiger partial charge in [-0.3, -0.25) is 0 Å². The van der Waals surface area contributed by atoms with Crippen molar-refractivity contribution >= 4 is 21.9 Å². The van der Waals surface area contributed by atoms with E-state index in [4.69, 9.17) is 14.2 Å². The molecule has 0 aliphatic heterocycles. The standard InChI is InChI=1S/C16H17BrO4/c1-4-7-19-14-11-15(20-8-5-2)13(17)10-12(14)16(18)21-9-6-3/h4-6,10-11H,1-3,7-9H2. The second-order valence-electron chi connectivity index (χ2n) is 3.87. The minimum Gasteiger partial charge on any atom is -0.488 e. The van der Waals surface area contributed by atoms with Crippen molar-refractivity contribution in [2.75, 3.05) is 19.8 Å². The van der Waals surface area contributed by atoms with Gasteiger partial charge in [0.2, 0.25) is 0 Å². The number of hydrogen-bond acceptors (Lipinski definition) is 4. The molecule has 0 fully saturated rings. The Morgan fingerprint density at radius 2 is 1.57 bits per heavy atom. The number of hydrogen-bond donors (Lipinski definition) is 0. The number of ether oxygens (including phenoxy) is 3. The van der Waals surface area contributed by atoms with E-state index >= 15 is 0 Å². The highest BCUT2D eigenvalue weighted by molar-refractivity contribution is 9.10. The van der Waals surface area contributed by atoms with Gasteiger partial charge < -0.3 is 14.2 Å². The van der Waals surface area contributed by atoms with E-state index in [2.05, 4.69) is 35.7 Å². The lowest BCUT2D eigenvalue weighted by molar-refractivity contribution is 0.0545. The predicted octanol–water partition coefficient (Wildman–Crippen LogP) is 3.92. The van der Waals surface area contributed by atoms with E-state index < -0.39 is 5.97 Å². The van der Waals surface area contributed by atoms with Gasteiger partial charge in [-0.1, -0.05) is 38.0 Å². The molecule has 0 saturated heterocycles. The third-order valence-electron chi connectivity index (χ3n) is 2.30. The molecule has 0 aliphatic carbocycles. The van der Waals surface area contributed by atoms with Gasteiger partial charge in [-0.05, 0) is 22.0 Å². The van der Waals surface area contributed by atoms with Gasteiger partial charge in [0.25, 0.3) is 0 Å². The monoisotopic (exact) mass is 352 g/mol. The van der Waals surface area contributed by atoms with Crippen molar-refractivity contribution in [3.05, 3.63) is 60.1 Å². The van der Waals surface area contributed by atoms with Gasteiger partial charge in [0.1, 0.15) is 36.9 Å². The number of carbonyl (C=O) groups is 1. The molecule has 0 saturated carbocycles.